The monoisotopic (exact) mass is 252 g/mol. The van der Waals surface area contributed by atoms with Crippen LogP contribution in [0.25, 0.3) is 0 Å². The molecule has 5 nitrogen and oxygen atoms in total. The molecule has 0 aliphatic carbocycles. The summed E-state index contributed by atoms with van der Waals surface area (Å²) in [7, 11) is 1.34. The van der Waals surface area contributed by atoms with E-state index in [1.165, 1.54) is 19.2 Å². The molecule has 0 amide bonds. The van der Waals surface area contributed by atoms with Gasteiger partial charge in [0.05, 0.1) is 0 Å². The molecule has 72 valence electrons. The second-order valence-electron chi connectivity index (χ2n) is 2.31. The molecule has 0 spiro atoms. The van der Waals surface area contributed by atoms with Crippen LogP contribution in [0.3, 0.4) is 0 Å². The summed E-state index contributed by atoms with van der Waals surface area (Å²) < 4.78 is 34.4. The van der Waals surface area contributed by atoms with E-state index in [9.17, 15) is 7.67 Å². The second kappa shape index (κ2) is 3.33. The van der Waals surface area contributed by atoms with Crippen molar-refractivity contribution in [1.29, 1.82) is 0 Å². The zero-order chi connectivity index (χ0) is 10.1. The molecule has 0 radical (unpaired) electrons. The summed E-state index contributed by atoms with van der Waals surface area (Å²) >= 11 is -4.99. The fourth-order valence-electron chi connectivity index (χ4n) is 0.830. The average molecular weight is 251 g/mol. The molecular formula is C7H8O5Se. The van der Waals surface area contributed by atoms with Crippen LogP contribution >= 0.6 is 0 Å². The van der Waals surface area contributed by atoms with Gasteiger partial charge < -0.3 is 0 Å². The van der Waals surface area contributed by atoms with E-state index in [-0.39, 0.29) is 16.0 Å². The number of methoxy groups -OCH3 is 1. The van der Waals surface area contributed by atoms with Gasteiger partial charge in [0.2, 0.25) is 0 Å². The van der Waals surface area contributed by atoms with E-state index in [0.717, 1.165) is 6.07 Å². The number of ether oxygens (including phenoxy) is 1. The predicted octanol–water partition coefficient (Wildman–Crippen LogP) is -0.600. The number of rotatable bonds is 2. The van der Waals surface area contributed by atoms with Crippen molar-refractivity contribution in [2.45, 2.75) is 0 Å². The fourth-order valence-corrected chi connectivity index (χ4v) is 1.88. The Morgan fingerprint density at radius 3 is 2.38 bits per heavy atom. The molecule has 1 aromatic rings. The summed E-state index contributed by atoms with van der Waals surface area (Å²) in [5.41, 5.74) is 0. The van der Waals surface area contributed by atoms with Crippen LogP contribution in [0.4, 0.5) is 0 Å². The Labute approximate surface area is 76.5 Å². The van der Waals surface area contributed by atoms with Gasteiger partial charge in [0.25, 0.3) is 0 Å². The van der Waals surface area contributed by atoms with Crippen LogP contribution in [0.15, 0.2) is 18.2 Å². The van der Waals surface area contributed by atoms with Crippen LogP contribution in [0.2, 0.25) is 0 Å². The third-order valence-corrected chi connectivity index (χ3v) is 3.23. The Bertz CT molecular complexity index is 409. The van der Waals surface area contributed by atoms with Crippen molar-refractivity contribution < 1.29 is 21.7 Å². The Kier molecular flexibility index (Phi) is 2.56. The van der Waals surface area contributed by atoms with Gasteiger partial charge in [0.1, 0.15) is 0 Å². The average Bonchev–Trinajstić information content (AvgIpc) is 2.02. The second-order valence-corrected chi connectivity index (χ2v) is 5.29. The molecule has 0 saturated carbocycles. The van der Waals surface area contributed by atoms with E-state index >= 15 is 0 Å². The van der Waals surface area contributed by atoms with E-state index in [1.54, 1.807) is 0 Å². The molecule has 1 rings (SSSR count). The Balaban J connectivity index is 3.26. The van der Waals surface area contributed by atoms with E-state index in [2.05, 4.69) is 0 Å². The summed E-state index contributed by atoms with van der Waals surface area (Å²) in [5, 5.41) is 9.17. The Morgan fingerprint density at radius 1 is 1.38 bits per heavy atom. The van der Waals surface area contributed by atoms with Crippen LogP contribution in [0.5, 0.6) is 11.5 Å². The van der Waals surface area contributed by atoms with Crippen LogP contribution in [0.1, 0.15) is 0 Å². The zero-order valence-corrected chi connectivity index (χ0v) is 8.47. The van der Waals surface area contributed by atoms with Crippen molar-refractivity contribution in [3.05, 3.63) is 18.2 Å². The summed E-state index contributed by atoms with van der Waals surface area (Å²) in [6, 6.07) is 3.38. The molecule has 6 heteroatoms. The molecule has 2 N–H and O–H groups in total. The topological polar surface area (TPSA) is 83.8 Å². The molecule has 0 unspecified atom stereocenters. The number of benzene rings is 1. The quantitative estimate of drug-likeness (QED) is 0.686. The SMILES string of the molecule is COc1ccc([Se](=O)(=O)O)cc1O. The number of aromatic hydroxyl groups is 1. The zero-order valence-electron chi connectivity index (χ0n) is 6.76. The molecule has 1 aromatic carbocycles. The third-order valence-electron chi connectivity index (χ3n) is 1.45. The Morgan fingerprint density at radius 2 is 2.00 bits per heavy atom. The fraction of sp³-hybridized carbons (Fsp3) is 0.143. The first kappa shape index (κ1) is 9.98. The van der Waals surface area contributed by atoms with Gasteiger partial charge in [-0.2, -0.15) is 0 Å². The third kappa shape index (κ3) is 2.18. The summed E-state index contributed by atoms with van der Waals surface area (Å²) in [4.78, 5) is 0. The first-order chi connectivity index (χ1) is 5.95. The first-order valence-electron chi connectivity index (χ1n) is 3.29. The van der Waals surface area contributed by atoms with E-state index in [4.69, 9.17) is 14.0 Å². The van der Waals surface area contributed by atoms with Gasteiger partial charge >= 0.3 is 76.0 Å². The maximum atomic E-state index is 10.7. The molecule has 0 fully saturated rings. The van der Waals surface area contributed by atoms with Crippen LogP contribution < -0.4 is 9.20 Å². The molecule has 0 aliphatic rings. The van der Waals surface area contributed by atoms with Crippen molar-refractivity contribution in [2.75, 3.05) is 7.11 Å². The summed E-state index contributed by atoms with van der Waals surface area (Å²) in [6.45, 7) is 0. The van der Waals surface area contributed by atoms with Gasteiger partial charge in [0, 0.05) is 0 Å². The molecule has 0 bridgehead atoms. The maximum absolute atomic E-state index is 10.7. The van der Waals surface area contributed by atoms with Gasteiger partial charge in [0.15, 0.2) is 0 Å². The number of phenolic OH excluding ortho intramolecular Hbond substituents is 1. The summed E-state index contributed by atoms with van der Waals surface area (Å²) in [6.07, 6.45) is 0. The number of hydrogen-bond acceptors (Lipinski definition) is 4. The van der Waals surface area contributed by atoms with Crippen molar-refractivity contribution in [2.24, 2.45) is 0 Å². The number of phenols is 1. The van der Waals surface area contributed by atoms with Gasteiger partial charge in [-0.15, -0.1) is 0 Å². The van der Waals surface area contributed by atoms with Crippen molar-refractivity contribution in [3.63, 3.8) is 0 Å². The Hall–Kier alpha value is -1.10. The van der Waals surface area contributed by atoms with Crippen molar-refractivity contribution in [1.82, 2.24) is 0 Å². The van der Waals surface area contributed by atoms with Gasteiger partial charge in [-0.1, -0.05) is 0 Å². The molecule has 0 heterocycles. The van der Waals surface area contributed by atoms with E-state index in [0.29, 0.717) is 0 Å². The molecule has 0 aromatic heterocycles. The van der Waals surface area contributed by atoms with E-state index < -0.39 is 13.0 Å². The van der Waals surface area contributed by atoms with Crippen LogP contribution in [-0.2, 0) is 7.67 Å². The van der Waals surface area contributed by atoms with Crippen LogP contribution in [-0.4, -0.2) is 29.4 Å². The minimum atomic E-state index is -4.99. The standard InChI is InChI=1S/C7H8O5Se/c1-12-7-3-2-5(4-6(7)8)13(9,10)11/h2-4,8H,1H3,(H,9,10,11). The molecular weight excluding hydrogens is 243 g/mol. The van der Waals surface area contributed by atoms with Gasteiger partial charge in [-0.3, -0.25) is 0 Å². The molecule has 0 aliphatic heterocycles. The first-order valence-corrected chi connectivity index (χ1v) is 6.32. The predicted molar refractivity (Wildman–Crippen MR) is 43.6 cm³/mol. The van der Waals surface area contributed by atoms with Gasteiger partial charge in [-0.25, -0.2) is 0 Å². The molecule has 0 atom stereocenters. The van der Waals surface area contributed by atoms with Crippen molar-refractivity contribution >= 4 is 17.5 Å². The molecule has 0 saturated heterocycles. The molecule has 13 heavy (non-hydrogen) atoms. The minimum absolute atomic E-state index is 0.157. The van der Waals surface area contributed by atoms with Gasteiger partial charge in [-0.05, 0) is 0 Å². The normalized spacial score (nSPS) is 11.2. The number of hydrogen-bond donors (Lipinski definition) is 2. The van der Waals surface area contributed by atoms with Crippen LogP contribution in [0, 0.1) is 0 Å². The van der Waals surface area contributed by atoms with Crippen molar-refractivity contribution in [3.8, 4) is 11.5 Å². The summed E-state index contributed by atoms with van der Waals surface area (Å²) in [5.74, 6) is -0.160. The van der Waals surface area contributed by atoms with E-state index in [1.807, 2.05) is 0 Å².